The largest absolute Gasteiger partial charge is 0.295 e. The molecule has 5 nitrogen and oxygen atoms in total. The normalized spacial score (nSPS) is 10.2. The van der Waals surface area contributed by atoms with Crippen LogP contribution in [0.5, 0.6) is 0 Å². The second-order valence-corrected chi connectivity index (χ2v) is 3.64. The van der Waals surface area contributed by atoms with E-state index < -0.39 is 0 Å². The van der Waals surface area contributed by atoms with Crippen LogP contribution in [0.1, 0.15) is 21.7 Å². The van der Waals surface area contributed by atoms with Crippen molar-refractivity contribution >= 4 is 5.91 Å². The molecule has 2 rings (SSSR count). The number of aryl methyl sites for hydroxylation is 1. The predicted molar refractivity (Wildman–Crippen MR) is 62.0 cm³/mol. The van der Waals surface area contributed by atoms with E-state index in [1.807, 2.05) is 37.3 Å². The van der Waals surface area contributed by atoms with Gasteiger partial charge in [0.1, 0.15) is 0 Å². The van der Waals surface area contributed by atoms with Gasteiger partial charge in [-0.2, -0.15) is 5.10 Å². The molecule has 5 heteroatoms. The van der Waals surface area contributed by atoms with Crippen molar-refractivity contribution in [2.75, 3.05) is 0 Å². The van der Waals surface area contributed by atoms with E-state index in [4.69, 9.17) is 4.84 Å². The lowest BCUT2D eigenvalue weighted by atomic mass is 10.2. The number of hydrogen-bond acceptors (Lipinski definition) is 3. The van der Waals surface area contributed by atoms with E-state index in [-0.39, 0.29) is 5.91 Å². The number of aromatic amines is 1. The number of hydroxylamine groups is 1. The van der Waals surface area contributed by atoms with E-state index in [0.29, 0.717) is 12.3 Å². The van der Waals surface area contributed by atoms with E-state index >= 15 is 0 Å². The van der Waals surface area contributed by atoms with Gasteiger partial charge in [0.25, 0.3) is 5.91 Å². The molecule has 1 aromatic carbocycles. The van der Waals surface area contributed by atoms with Crippen LogP contribution < -0.4 is 5.48 Å². The first-order chi connectivity index (χ1) is 8.25. The summed E-state index contributed by atoms with van der Waals surface area (Å²) >= 11 is 0. The molecule has 0 unspecified atom stereocenters. The Kier molecular flexibility index (Phi) is 3.52. The smallest absolute Gasteiger partial charge is 0.282 e. The molecule has 0 aliphatic heterocycles. The molecule has 0 fully saturated rings. The minimum Gasteiger partial charge on any atom is -0.282 e. The van der Waals surface area contributed by atoms with Crippen LogP contribution in [0.4, 0.5) is 0 Å². The highest BCUT2D eigenvalue weighted by atomic mass is 16.6. The highest BCUT2D eigenvalue weighted by Gasteiger charge is 2.08. The van der Waals surface area contributed by atoms with Gasteiger partial charge < -0.3 is 0 Å². The number of amides is 1. The monoisotopic (exact) mass is 231 g/mol. The molecular formula is C12H13N3O2. The van der Waals surface area contributed by atoms with Crippen LogP contribution in [0.25, 0.3) is 0 Å². The molecule has 0 aliphatic carbocycles. The zero-order valence-electron chi connectivity index (χ0n) is 9.43. The average Bonchev–Trinajstić information content (AvgIpc) is 2.77. The van der Waals surface area contributed by atoms with Crippen LogP contribution in [-0.2, 0) is 11.4 Å². The van der Waals surface area contributed by atoms with Crippen molar-refractivity contribution in [1.82, 2.24) is 15.7 Å². The van der Waals surface area contributed by atoms with Crippen LogP contribution in [-0.4, -0.2) is 16.1 Å². The van der Waals surface area contributed by atoms with Crippen molar-refractivity contribution in [3.05, 3.63) is 53.3 Å². The van der Waals surface area contributed by atoms with Crippen molar-refractivity contribution in [3.63, 3.8) is 0 Å². The maximum atomic E-state index is 11.5. The molecule has 0 atom stereocenters. The summed E-state index contributed by atoms with van der Waals surface area (Å²) in [5.74, 6) is -0.356. The number of benzene rings is 1. The van der Waals surface area contributed by atoms with E-state index in [2.05, 4.69) is 15.7 Å². The number of nitrogens with one attached hydrogen (secondary N) is 2. The van der Waals surface area contributed by atoms with Crippen molar-refractivity contribution in [2.45, 2.75) is 13.5 Å². The summed E-state index contributed by atoms with van der Waals surface area (Å²) in [5.41, 5.74) is 4.48. The van der Waals surface area contributed by atoms with Gasteiger partial charge in [0.05, 0.1) is 6.61 Å². The summed E-state index contributed by atoms with van der Waals surface area (Å²) < 4.78 is 0. The molecule has 1 heterocycles. The number of carbonyl (C=O) groups excluding carboxylic acids is 1. The van der Waals surface area contributed by atoms with Gasteiger partial charge in [-0.25, -0.2) is 5.48 Å². The average molecular weight is 231 g/mol. The first-order valence-electron chi connectivity index (χ1n) is 5.24. The zero-order chi connectivity index (χ0) is 12.1. The molecule has 0 aliphatic rings. The van der Waals surface area contributed by atoms with Gasteiger partial charge in [0.2, 0.25) is 0 Å². The van der Waals surface area contributed by atoms with E-state index in [9.17, 15) is 4.79 Å². The molecule has 2 aromatic rings. The minimum atomic E-state index is -0.356. The van der Waals surface area contributed by atoms with Gasteiger partial charge in [-0.3, -0.25) is 14.7 Å². The Labute approximate surface area is 98.8 Å². The first-order valence-corrected chi connectivity index (χ1v) is 5.24. The summed E-state index contributed by atoms with van der Waals surface area (Å²) in [6, 6.07) is 11.3. The molecule has 88 valence electrons. The Morgan fingerprint density at radius 1 is 1.41 bits per heavy atom. The topological polar surface area (TPSA) is 67.0 Å². The summed E-state index contributed by atoms with van der Waals surface area (Å²) in [6.07, 6.45) is 0. The Hall–Kier alpha value is -2.14. The molecule has 0 radical (unpaired) electrons. The predicted octanol–water partition coefficient (Wildman–Crippen LogP) is 1.58. The Balaban J connectivity index is 1.81. The van der Waals surface area contributed by atoms with Crippen molar-refractivity contribution in [1.29, 1.82) is 0 Å². The molecule has 0 saturated heterocycles. The summed E-state index contributed by atoms with van der Waals surface area (Å²) in [6.45, 7) is 2.16. The standard InChI is InChI=1S/C12H13N3O2/c1-9-7-11(14-13-9)12(16)15-17-8-10-5-3-2-4-6-10/h2-7H,8H2,1H3,(H,13,14)(H,15,16). The van der Waals surface area contributed by atoms with Crippen molar-refractivity contribution < 1.29 is 9.63 Å². The summed E-state index contributed by atoms with van der Waals surface area (Å²) in [4.78, 5) is 16.6. The Morgan fingerprint density at radius 2 is 2.18 bits per heavy atom. The maximum Gasteiger partial charge on any atom is 0.295 e. The highest BCUT2D eigenvalue weighted by molar-refractivity contribution is 5.91. The number of aromatic nitrogens is 2. The van der Waals surface area contributed by atoms with Gasteiger partial charge >= 0.3 is 0 Å². The van der Waals surface area contributed by atoms with Gasteiger partial charge in [-0.1, -0.05) is 30.3 Å². The lowest BCUT2D eigenvalue weighted by molar-refractivity contribution is 0.0229. The van der Waals surface area contributed by atoms with E-state index in [1.165, 1.54) is 0 Å². The first kappa shape index (κ1) is 11.3. The van der Waals surface area contributed by atoms with Crippen LogP contribution in [0.3, 0.4) is 0 Å². The third-order valence-corrected chi connectivity index (χ3v) is 2.19. The van der Waals surface area contributed by atoms with E-state index in [0.717, 1.165) is 11.3 Å². The number of H-pyrrole nitrogens is 1. The van der Waals surface area contributed by atoms with Crippen LogP contribution in [0.15, 0.2) is 36.4 Å². The fourth-order valence-electron chi connectivity index (χ4n) is 1.35. The molecule has 2 N–H and O–H groups in total. The molecule has 17 heavy (non-hydrogen) atoms. The minimum absolute atomic E-state index is 0.315. The third-order valence-electron chi connectivity index (χ3n) is 2.19. The second-order valence-electron chi connectivity index (χ2n) is 3.64. The Morgan fingerprint density at radius 3 is 2.82 bits per heavy atom. The summed E-state index contributed by atoms with van der Waals surface area (Å²) in [5, 5.41) is 6.52. The van der Waals surface area contributed by atoms with Crippen molar-refractivity contribution in [2.24, 2.45) is 0 Å². The highest BCUT2D eigenvalue weighted by Crippen LogP contribution is 2.00. The van der Waals surface area contributed by atoms with Gasteiger partial charge in [0.15, 0.2) is 5.69 Å². The fourth-order valence-corrected chi connectivity index (χ4v) is 1.35. The molecule has 1 amide bonds. The lowest BCUT2D eigenvalue weighted by Crippen LogP contribution is -2.23. The van der Waals surface area contributed by atoms with Crippen molar-refractivity contribution in [3.8, 4) is 0 Å². The third kappa shape index (κ3) is 3.15. The fraction of sp³-hybridized carbons (Fsp3) is 0.167. The van der Waals surface area contributed by atoms with E-state index in [1.54, 1.807) is 6.07 Å². The number of carbonyl (C=O) groups is 1. The quantitative estimate of drug-likeness (QED) is 0.785. The van der Waals surface area contributed by atoms with Gasteiger partial charge in [-0.15, -0.1) is 0 Å². The molecule has 0 bridgehead atoms. The SMILES string of the molecule is Cc1cc(C(=O)NOCc2ccccc2)n[nH]1. The molecular weight excluding hydrogens is 218 g/mol. The summed E-state index contributed by atoms with van der Waals surface area (Å²) in [7, 11) is 0. The van der Waals surface area contributed by atoms with Gasteiger partial charge in [-0.05, 0) is 18.6 Å². The van der Waals surface area contributed by atoms with Crippen LogP contribution in [0, 0.1) is 6.92 Å². The van der Waals surface area contributed by atoms with Crippen LogP contribution >= 0.6 is 0 Å². The Bertz CT molecular complexity index is 493. The number of hydrogen-bond donors (Lipinski definition) is 2. The zero-order valence-corrected chi connectivity index (χ0v) is 9.43. The molecule has 1 aromatic heterocycles. The molecule has 0 saturated carbocycles. The number of nitrogens with zero attached hydrogens (tertiary/aromatic N) is 1. The van der Waals surface area contributed by atoms with Crippen LogP contribution in [0.2, 0.25) is 0 Å². The molecule has 0 spiro atoms. The van der Waals surface area contributed by atoms with Gasteiger partial charge in [0, 0.05) is 5.69 Å². The maximum absolute atomic E-state index is 11.5. The lowest BCUT2D eigenvalue weighted by Gasteiger charge is -2.03. The number of rotatable bonds is 4. The second kappa shape index (κ2) is 5.27.